The first-order valence-electron chi connectivity index (χ1n) is 6.35. The van der Waals surface area contributed by atoms with Gasteiger partial charge in [-0.3, -0.25) is 4.79 Å². The Hall–Kier alpha value is -2.09. The van der Waals surface area contributed by atoms with Crippen molar-refractivity contribution >= 4 is 11.8 Å². The lowest BCUT2D eigenvalue weighted by molar-refractivity contribution is -0.137. The molecule has 0 saturated carbocycles. The number of anilines is 1. The number of aromatic nitrogens is 1. The Morgan fingerprint density at radius 3 is 2.89 bits per heavy atom. The fourth-order valence-corrected chi connectivity index (χ4v) is 1.78. The fourth-order valence-electron chi connectivity index (χ4n) is 1.78. The summed E-state index contributed by atoms with van der Waals surface area (Å²) in [5.74, 6) is 0.296. The molecule has 1 aromatic heterocycles. The highest BCUT2D eigenvalue weighted by Crippen LogP contribution is 2.12. The average Bonchev–Trinajstić information content (AvgIpc) is 2.35. The molecule has 1 aromatic rings. The summed E-state index contributed by atoms with van der Waals surface area (Å²) in [6.07, 6.45) is 1.77. The lowest BCUT2D eigenvalue weighted by atomic mass is 10.0. The molecule has 19 heavy (non-hydrogen) atoms. The van der Waals surface area contributed by atoms with Crippen molar-refractivity contribution in [3.8, 4) is 6.07 Å². The summed E-state index contributed by atoms with van der Waals surface area (Å²) in [4.78, 5) is 14.7. The molecule has 1 rings (SSSR count). The van der Waals surface area contributed by atoms with Gasteiger partial charge in [-0.25, -0.2) is 4.98 Å². The summed E-state index contributed by atoms with van der Waals surface area (Å²) in [6.45, 7) is 4.61. The molecule has 0 fully saturated rings. The molecule has 0 aliphatic heterocycles. The van der Waals surface area contributed by atoms with Gasteiger partial charge in [0.1, 0.15) is 5.82 Å². The summed E-state index contributed by atoms with van der Waals surface area (Å²) >= 11 is 0. The highest BCUT2D eigenvalue weighted by molar-refractivity contribution is 5.66. The maximum Gasteiger partial charge on any atom is 0.303 e. The van der Waals surface area contributed by atoms with E-state index >= 15 is 0 Å². The van der Waals surface area contributed by atoms with Crippen molar-refractivity contribution in [1.29, 1.82) is 5.26 Å². The van der Waals surface area contributed by atoms with Gasteiger partial charge in [0.15, 0.2) is 0 Å². The molecule has 0 aromatic carbocycles. The number of hydrogen-bond acceptors (Lipinski definition) is 4. The summed E-state index contributed by atoms with van der Waals surface area (Å²) in [7, 11) is 0. The van der Waals surface area contributed by atoms with E-state index in [1.54, 1.807) is 12.1 Å². The minimum Gasteiger partial charge on any atom is -0.481 e. The van der Waals surface area contributed by atoms with Gasteiger partial charge in [-0.15, -0.1) is 0 Å². The molecular weight excluding hydrogens is 242 g/mol. The zero-order valence-electron chi connectivity index (χ0n) is 11.3. The number of rotatable bonds is 7. The maximum atomic E-state index is 10.5. The van der Waals surface area contributed by atoms with Crippen LogP contribution in [0.25, 0.3) is 0 Å². The van der Waals surface area contributed by atoms with Crippen LogP contribution in [-0.2, 0) is 4.79 Å². The monoisotopic (exact) mass is 261 g/mol. The van der Waals surface area contributed by atoms with Crippen LogP contribution in [0.3, 0.4) is 0 Å². The topological polar surface area (TPSA) is 86.0 Å². The van der Waals surface area contributed by atoms with E-state index in [-0.39, 0.29) is 6.42 Å². The number of aryl methyl sites for hydroxylation is 1. The Kier molecular flexibility index (Phi) is 5.80. The standard InChI is InChI=1S/C14H19N3O2/c1-10(3-4-14(18)19)5-6-16-13-8-12(9-15)7-11(2)17-13/h7-8,10H,3-6H2,1-2H3,(H,16,17)(H,18,19). The number of carbonyl (C=O) groups is 1. The number of nitrogens with one attached hydrogen (secondary N) is 1. The molecule has 0 bridgehead atoms. The molecule has 0 radical (unpaired) electrons. The van der Waals surface area contributed by atoms with E-state index in [9.17, 15) is 4.79 Å². The van der Waals surface area contributed by atoms with Gasteiger partial charge in [0, 0.05) is 18.7 Å². The van der Waals surface area contributed by atoms with Crippen LogP contribution in [0.1, 0.15) is 37.4 Å². The van der Waals surface area contributed by atoms with Crippen molar-refractivity contribution in [2.45, 2.75) is 33.1 Å². The lowest BCUT2D eigenvalue weighted by Crippen LogP contribution is -2.09. The van der Waals surface area contributed by atoms with Crippen molar-refractivity contribution < 1.29 is 9.90 Å². The average molecular weight is 261 g/mol. The van der Waals surface area contributed by atoms with Gasteiger partial charge < -0.3 is 10.4 Å². The molecule has 5 nitrogen and oxygen atoms in total. The second-order valence-corrected chi connectivity index (χ2v) is 4.75. The third-order valence-corrected chi connectivity index (χ3v) is 2.88. The van der Waals surface area contributed by atoms with Crippen LogP contribution in [0.5, 0.6) is 0 Å². The van der Waals surface area contributed by atoms with Gasteiger partial charge in [0.2, 0.25) is 0 Å². The van der Waals surface area contributed by atoms with Crippen molar-refractivity contribution in [2.24, 2.45) is 5.92 Å². The van der Waals surface area contributed by atoms with Crippen LogP contribution < -0.4 is 5.32 Å². The quantitative estimate of drug-likeness (QED) is 0.787. The van der Waals surface area contributed by atoms with Crippen LogP contribution >= 0.6 is 0 Å². The van der Waals surface area contributed by atoms with Crippen LogP contribution in [0.15, 0.2) is 12.1 Å². The predicted molar refractivity (Wildman–Crippen MR) is 72.8 cm³/mol. The molecule has 2 N–H and O–H groups in total. The zero-order valence-corrected chi connectivity index (χ0v) is 11.3. The molecule has 0 aliphatic rings. The number of nitriles is 1. The second kappa shape index (κ2) is 7.37. The van der Waals surface area contributed by atoms with Crippen molar-refractivity contribution in [3.63, 3.8) is 0 Å². The Morgan fingerprint density at radius 1 is 1.53 bits per heavy atom. The van der Waals surface area contributed by atoms with E-state index in [1.165, 1.54) is 0 Å². The molecule has 102 valence electrons. The molecular formula is C14H19N3O2. The molecule has 1 atom stereocenters. The minimum absolute atomic E-state index is 0.211. The summed E-state index contributed by atoms with van der Waals surface area (Å²) in [5.41, 5.74) is 1.40. The number of aliphatic carboxylic acids is 1. The van der Waals surface area contributed by atoms with Gasteiger partial charge in [0.25, 0.3) is 0 Å². The van der Waals surface area contributed by atoms with E-state index in [4.69, 9.17) is 10.4 Å². The summed E-state index contributed by atoms with van der Waals surface area (Å²) < 4.78 is 0. The largest absolute Gasteiger partial charge is 0.481 e. The normalized spacial score (nSPS) is 11.6. The van der Waals surface area contributed by atoms with E-state index in [0.29, 0.717) is 23.7 Å². The smallest absolute Gasteiger partial charge is 0.303 e. The molecule has 5 heteroatoms. The second-order valence-electron chi connectivity index (χ2n) is 4.75. The van der Waals surface area contributed by atoms with Crippen LogP contribution in [0.4, 0.5) is 5.82 Å². The molecule has 0 aliphatic carbocycles. The molecule has 0 spiro atoms. The van der Waals surface area contributed by atoms with Gasteiger partial charge >= 0.3 is 5.97 Å². The van der Waals surface area contributed by atoms with E-state index in [0.717, 1.165) is 18.7 Å². The number of carboxylic acids is 1. The molecule has 1 unspecified atom stereocenters. The van der Waals surface area contributed by atoms with Gasteiger partial charge in [0.05, 0.1) is 11.6 Å². The first kappa shape index (κ1) is 15.0. The van der Waals surface area contributed by atoms with Gasteiger partial charge in [-0.1, -0.05) is 6.92 Å². The Labute approximate surface area is 113 Å². The number of pyridine rings is 1. The van der Waals surface area contributed by atoms with Crippen LogP contribution in [0.2, 0.25) is 0 Å². The Balaban J connectivity index is 2.39. The first-order chi connectivity index (χ1) is 9.01. The number of hydrogen-bond donors (Lipinski definition) is 2. The number of carboxylic acid groups (broad SMARTS) is 1. The highest BCUT2D eigenvalue weighted by atomic mass is 16.4. The zero-order chi connectivity index (χ0) is 14.3. The third kappa shape index (κ3) is 5.87. The molecule has 1 heterocycles. The number of nitrogens with zero attached hydrogens (tertiary/aromatic N) is 2. The van der Waals surface area contributed by atoms with Crippen molar-refractivity contribution in [3.05, 3.63) is 23.4 Å². The Morgan fingerprint density at radius 2 is 2.26 bits per heavy atom. The molecule has 0 amide bonds. The van der Waals surface area contributed by atoms with Crippen LogP contribution in [-0.4, -0.2) is 22.6 Å². The highest BCUT2D eigenvalue weighted by Gasteiger charge is 2.06. The van der Waals surface area contributed by atoms with Crippen LogP contribution in [0, 0.1) is 24.2 Å². The third-order valence-electron chi connectivity index (χ3n) is 2.88. The van der Waals surface area contributed by atoms with Gasteiger partial charge in [-0.2, -0.15) is 5.26 Å². The van der Waals surface area contributed by atoms with E-state index in [1.807, 2.05) is 13.8 Å². The minimum atomic E-state index is -0.751. The van der Waals surface area contributed by atoms with E-state index in [2.05, 4.69) is 16.4 Å². The lowest BCUT2D eigenvalue weighted by Gasteiger charge is -2.11. The maximum absolute atomic E-state index is 10.5. The predicted octanol–water partition coefficient (Wildman–Crippen LogP) is 2.56. The summed E-state index contributed by atoms with van der Waals surface area (Å²) in [6, 6.07) is 5.55. The van der Waals surface area contributed by atoms with Crippen molar-refractivity contribution in [1.82, 2.24) is 4.98 Å². The van der Waals surface area contributed by atoms with Gasteiger partial charge in [-0.05, 0) is 37.8 Å². The van der Waals surface area contributed by atoms with E-state index < -0.39 is 5.97 Å². The summed E-state index contributed by atoms with van der Waals surface area (Å²) in [5, 5.41) is 20.6. The fraction of sp³-hybridized carbons (Fsp3) is 0.500. The molecule has 0 saturated heterocycles. The Bertz CT molecular complexity index is 480. The SMILES string of the molecule is Cc1cc(C#N)cc(NCCC(C)CCC(=O)O)n1. The first-order valence-corrected chi connectivity index (χ1v) is 6.35. The van der Waals surface area contributed by atoms with Crippen molar-refractivity contribution in [2.75, 3.05) is 11.9 Å².